The summed E-state index contributed by atoms with van der Waals surface area (Å²) in [7, 11) is 0. The highest BCUT2D eigenvalue weighted by Crippen LogP contribution is 2.29. The van der Waals surface area contributed by atoms with E-state index in [0.717, 1.165) is 87.4 Å². The number of fused-ring (bicyclic) bond motifs is 1. The van der Waals surface area contributed by atoms with Gasteiger partial charge in [-0.3, -0.25) is 9.56 Å². The molecule has 9 N–H and O–H groups in total. The molecule has 1 aliphatic rings. The number of rotatable bonds is 12. The maximum absolute atomic E-state index is 12.5. The van der Waals surface area contributed by atoms with Crippen molar-refractivity contribution in [1.82, 2.24) is 25.2 Å². The summed E-state index contributed by atoms with van der Waals surface area (Å²) in [6, 6.07) is 17.1. The van der Waals surface area contributed by atoms with E-state index >= 15 is 0 Å². The molecule has 0 atom stereocenters. The lowest BCUT2D eigenvalue weighted by atomic mass is 9.85. The number of nitrogens with zero attached hydrogens (tertiary/aromatic N) is 4. The quantitative estimate of drug-likeness (QED) is 0.0724. The van der Waals surface area contributed by atoms with Crippen molar-refractivity contribution in [1.29, 1.82) is 0 Å². The van der Waals surface area contributed by atoms with E-state index in [2.05, 4.69) is 96.3 Å². The molecule has 0 bridgehead atoms. The zero-order valence-corrected chi connectivity index (χ0v) is 31.1. The minimum absolute atomic E-state index is 0.0352. The van der Waals surface area contributed by atoms with E-state index in [1.165, 1.54) is 23.2 Å². The number of unbranched alkanes of at least 4 members (excludes halogenated alkanes) is 1. The maximum atomic E-state index is 12.5. The van der Waals surface area contributed by atoms with Crippen LogP contribution in [0.4, 0.5) is 5.69 Å². The number of aryl methyl sites for hydroxylation is 1. The number of H-pyrrole nitrogens is 1. The highest BCUT2D eigenvalue weighted by Gasteiger charge is 2.19. The van der Waals surface area contributed by atoms with Gasteiger partial charge in [0.1, 0.15) is 5.65 Å². The van der Waals surface area contributed by atoms with E-state index < -0.39 is 0 Å². The van der Waals surface area contributed by atoms with Crippen molar-refractivity contribution in [2.45, 2.75) is 84.6 Å². The molecule has 0 saturated carbocycles. The zero-order chi connectivity index (χ0) is 36.3. The van der Waals surface area contributed by atoms with E-state index in [9.17, 15) is 4.79 Å². The van der Waals surface area contributed by atoms with Crippen LogP contribution in [0.5, 0.6) is 0 Å². The predicted molar refractivity (Wildman–Crippen MR) is 210 cm³/mol. The lowest BCUT2D eigenvalue weighted by Crippen LogP contribution is -2.43. The van der Waals surface area contributed by atoms with Gasteiger partial charge in [0.05, 0.1) is 5.69 Å². The molecule has 2 aromatic heterocycles. The molecule has 50 heavy (non-hydrogen) atoms. The molecule has 0 spiro atoms. The Balaban J connectivity index is 0.000000237. The topological polar surface area (TPSA) is 168 Å². The van der Waals surface area contributed by atoms with Crippen molar-refractivity contribution < 1.29 is 0 Å². The third-order valence-corrected chi connectivity index (χ3v) is 8.91. The fourth-order valence-electron chi connectivity index (χ4n) is 5.83. The van der Waals surface area contributed by atoms with Gasteiger partial charge in [-0.05, 0) is 91.2 Å². The summed E-state index contributed by atoms with van der Waals surface area (Å²) in [5, 5.41) is 7.70. The van der Waals surface area contributed by atoms with Gasteiger partial charge in [0.15, 0.2) is 5.96 Å². The number of hydrogen-bond donors (Lipinski definition) is 6. The molecule has 0 unspecified atom stereocenters. The molecule has 1 saturated heterocycles. The largest absolute Gasteiger partial charge is 0.370 e. The third-order valence-electron chi connectivity index (χ3n) is 8.91. The van der Waals surface area contributed by atoms with Gasteiger partial charge in [-0.25, -0.2) is 4.79 Å². The van der Waals surface area contributed by atoms with Gasteiger partial charge < -0.3 is 37.7 Å². The molecule has 5 rings (SSSR count). The van der Waals surface area contributed by atoms with Crippen molar-refractivity contribution in [3.63, 3.8) is 0 Å². The number of guanidine groups is 1. The Morgan fingerprint density at radius 2 is 1.62 bits per heavy atom. The standard InChI is InChI=1S/C21H29N7O.C18H31N3/c1-21(2,3)17-11-15-13-28(20(29)27-18(15)26-17)16-7-5-14(6-8-16)12-24-9-4-10-25-19(22)23;1-18(2,3)16-12-15(6-4-5-7-19)13-17(14-16)21-10-8-20-9-11-21/h5-8,11,13,24H,4,9-10,12H2,1-3H3,(H4,22,23,25)(H,26,27,29);12-14,20H,4-11,19H2,1-3H3. The number of aromatic nitrogens is 3. The van der Waals surface area contributed by atoms with Crippen LogP contribution in [-0.4, -0.2) is 66.3 Å². The Morgan fingerprint density at radius 1 is 0.900 bits per heavy atom. The zero-order valence-electron chi connectivity index (χ0n) is 31.1. The first kappa shape index (κ1) is 38.6. The van der Waals surface area contributed by atoms with Gasteiger partial charge in [0.2, 0.25) is 0 Å². The molecule has 1 aliphatic heterocycles. The van der Waals surface area contributed by atoms with Crippen LogP contribution in [0.25, 0.3) is 16.7 Å². The number of nitrogens with one attached hydrogen (secondary N) is 3. The summed E-state index contributed by atoms with van der Waals surface area (Å²) in [5.41, 5.74) is 24.0. The molecule has 0 amide bonds. The second-order valence-electron chi connectivity index (χ2n) is 15.3. The van der Waals surface area contributed by atoms with Crippen molar-refractivity contribution in [2.75, 3.05) is 50.7 Å². The molecule has 0 aliphatic carbocycles. The van der Waals surface area contributed by atoms with Crippen molar-refractivity contribution in [2.24, 2.45) is 22.2 Å². The van der Waals surface area contributed by atoms with Crippen LogP contribution < -0.4 is 38.4 Å². The number of benzene rings is 2. The molecule has 11 nitrogen and oxygen atoms in total. The van der Waals surface area contributed by atoms with Crippen LogP contribution in [-0.2, 0) is 23.8 Å². The molecular formula is C39H60N10O. The second kappa shape index (κ2) is 17.6. The molecule has 272 valence electrons. The highest BCUT2D eigenvalue weighted by molar-refractivity contribution is 5.76. The Labute approximate surface area is 298 Å². The van der Waals surface area contributed by atoms with Crippen molar-refractivity contribution in [3.05, 3.63) is 87.6 Å². The van der Waals surface area contributed by atoms with Crippen molar-refractivity contribution >= 4 is 22.7 Å². The maximum Gasteiger partial charge on any atom is 0.354 e. The summed E-state index contributed by atoms with van der Waals surface area (Å²) >= 11 is 0. The monoisotopic (exact) mass is 684 g/mol. The number of aromatic amines is 1. The average Bonchev–Trinajstić information content (AvgIpc) is 3.50. The predicted octanol–water partition coefficient (Wildman–Crippen LogP) is 4.44. The van der Waals surface area contributed by atoms with Crippen LogP contribution in [0, 0.1) is 0 Å². The SMILES string of the molecule is CC(C)(C)c1cc(CCCCN)cc(N2CCNCC2)c1.CC(C)(C)c1cc2cn(-c3ccc(CNCCCN=C(N)N)cc3)c(=O)nc2[nH]1. The fraction of sp³-hybridized carbons (Fsp3) is 0.513. The van der Waals surface area contributed by atoms with E-state index in [1.807, 2.05) is 30.5 Å². The lowest BCUT2D eigenvalue weighted by molar-refractivity contribution is 0.574. The first-order chi connectivity index (χ1) is 23.7. The Kier molecular flexibility index (Phi) is 13.6. The number of aliphatic imine (C=N–C) groups is 1. The van der Waals surface area contributed by atoms with Crippen LogP contribution in [0.3, 0.4) is 0 Å². The van der Waals surface area contributed by atoms with Gasteiger partial charge in [-0.2, -0.15) is 4.98 Å². The van der Waals surface area contributed by atoms with Gasteiger partial charge in [0, 0.05) is 67.6 Å². The van der Waals surface area contributed by atoms with E-state index in [0.29, 0.717) is 12.2 Å². The molecule has 3 heterocycles. The molecular weight excluding hydrogens is 624 g/mol. The second-order valence-corrected chi connectivity index (χ2v) is 15.3. The van der Waals surface area contributed by atoms with E-state index in [-0.39, 0.29) is 22.5 Å². The first-order valence-corrected chi connectivity index (χ1v) is 18.0. The number of anilines is 1. The minimum atomic E-state index is -0.301. The van der Waals surface area contributed by atoms with Gasteiger partial charge in [-0.15, -0.1) is 0 Å². The summed E-state index contributed by atoms with van der Waals surface area (Å²) in [6.07, 6.45) is 6.14. The normalized spacial score (nSPS) is 13.6. The van der Waals surface area contributed by atoms with Crippen LogP contribution in [0.1, 0.15) is 83.2 Å². The van der Waals surface area contributed by atoms with Gasteiger partial charge in [0.25, 0.3) is 0 Å². The molecule has 0 radical (unpaired) electrons. The highest BCUT2D eigenvalue weighted by atomic mass is 16.1. The van der Waals surface area contributed by atoms with E-state index in [1.54, 1.807) is 4.57 Å². The number of piperazine rings is 1. The average molecular weight is 685 g/mol. The summed E-state index contributed by atoms with van der Waals surface area (Å²) in [6.45, 7) is 20.6. The Hall–Kier alpha value is -4.19. The molecule has 11 heteroatoms. The summed E-state index contributed by atoms with van der Waals surface area (Å²) < 4.78 is 1.58. The van der Waals surface area contributed by atoms with Crippen LogP contribution >= 0.6 is 0 Å². The van der Waals surface area contributed by atoms with Crippen molar-refractivity contribution in [3.8, 4) is 5.69 Å². The first-order valence-electron chi connectivity index (χ1n) is 18.0. The van der Waals surface area contributed by atoms with Gasteiger partial charge in [-0.1, -0.05) is 59.7 Å². The lowest BCUT2D eigenvalue weighted by Gasteiger charge is -2.31. The minimum Gasteiger partial charge on any atom is -0.370 e. The third kappa shape index (κ3) is 11.4. The van der Waals surface area contributed by atoms with Crippen LogP contribution in [0.15, 0.2) is 64.5 Å². The van der Waals surface area contributed by atoms with Gasteiger partial charge >= 0.3 is 5.69 Å². The Bertz CT molecular complexity index is 1730. The fourth-order valence-corrected chi connectivity index (χ4v) is 5.83. The Morgan fingerprint density at radius 3 is 2.26 bits per heavy atom. The molecule has 1 fully saturated rings. The van der Waals surface area contributed by atoms with Crippen LogP contribution in [0.2, 0.25) is 0 Å². The summed E-state index contributed by atoms with van der Waals surface area (Å²) in [4.78, 5) is 26.4. The summed E-state index contributed by atoms with van der Waals surface area (Å²) in [5.74, 6) is 0.123. The molecule has 2 aromatic carbocycles. The number of nitrogens with two attached hydrogens (primary N) is 3. The molecule has 4 aromatic rings. The smallest absolute Gasteiger partial charge is 0.354 e. The number of hydrogen-bond acceptors (Lipinski definition) is 7. The van der Waals surface area contributed by atoms with E-state index in [4.69, 9.17) is 17.2 Å².